The molecule has 4 rings (SSSR count). The molecular weight excluding hydrogens is 534 g/mol. The topological polar surface area (TPSA) is 147 Å². The lowest BCUT2D eigenvalue weighted by Crippen LogP contribution is -2.65. The van der Waals surface area contributed by atoms with Crippen molar-refractivity contribution in [2.75, 3.05) is 31.2 Å². The Kier molecular flexibility index (Phi) is 10.1. The highest BCUT2D eigenvalue weighted by Crippen LogP contribution is 2.22. The number of ether oxygens (including phenoxy) is 2. The van der Waals surface area contributed by atoms with Gasteiger partial charge in [0.1, 0.15) is 17.3 Å². The second-order valence-corrected chi connectivity index (χ2v) is 10.4. The maximum atomic E-state index is 13.6. The number of esters is 1. The summed E-state index contributed by atoms with van der Waals surface area (Å²) in [4.78, 5) is 51.5. The third-order valence-corrected chi connectivity index (χ3v) is 7.45. The highest BCUT2D eigenvalue weighted by molar-refractivity contribution is 8.00. The fourth-order valence-corrected chi connectivity index (χ4v) is 5.16. The Balaban J connectivity index is 1.37. The normalized spacial score (nSPS) is 16.6. The average molecular weight is 568 g/mol. The zero-order chi connectivity index (χ0) is 28.4. The van der Waals surface area contributed by atoms with Crippen LogP contribution in [-0.2, 0) is 25.5 Å². The molecule has 2 aliphatic rings. The Morgan fingerprint density at radius 1 is 1.10 bits per heavy atom. The predicted octanol–water partition coefficient (Wildman–Crippen LogP) is 1.38. The number of benzene rings is 2. The number of carbonyl (C=O) groups excluding carboxylic acids is 4. The van der Waals surface area contributed by atoms with Gasteiger partial charge in [0.2, 0.25) is 17.7 Å². The van der Waals surface area contributed by atoms with Gasteiger partial charge in [-0.25, -0.2) is 10.2 Å². The zero-order valence-electron chi connectivity index (χ0n) is 22.2. The van der Waals surface area contributed by atoms with E-state index >= 15 is 0 Å². The van der Waals surface area contributed by atoms with Crippen molar-refractivity contribution in [2.45, 2.75) is 37.8 Å². The van der Waals surface area contributed by atoms with E-state index in [1.54, 1.807) is 31.2 Å². The van der Waals surface area contributed by atoms with Gasteiger partial charge >= 0.3 is 5.97 Å². The number of hydrogen-bond donors (Lipinski definition) is 4. The second kappa shape index (κ2) is 13.9. The number of rotatable bonds is 11. The summed E-state index contributed by atoms with van der Waals surface area (Å²) in [6, 6.07) is 15.3. The largest absolute Gasteiger partial charge is 0.464 e. The SMILES string of the molecule is CCOC(=O)C(Cc1ccccc1)NC(=O)C1(NC(=O)CSCC2=NNC(=O)c3ccccc3O2)CCNCC1. The summed E-state index contributed by atoms with van der Waals surface area (Å²) in [6.07, 6.45) is 1.01. The third-order valence-electron chi connectivity index (χ3n) is 6.53. The molecule has 0 saturated carbocycles. The molecule has 1 saturated heterocycles. The molecule has 2 aromatic carbocycles. The first-order valence-electron chi connectivity index (χ1n) is 13.1. The van der Waals surface area contributed by atoms with Gasteiger partial charge in [-0.05, 0) is 50.6 Å². The number of nitrogens with zero attached hydrogens (tertiary/aromatic N) is 1. The van der Waals surface area contributed by atoms with E-state index in [1.807, 2.05) is 30.3 Å². The van der Waals surface area contributed by atoms with Gasteiger partial charge < -0.3 is 25.4 Å². The van der Waals surface area contributed by atoms with Crippen LogP contribution in [0.3, 0.4) is 0 Å². The summed E-state index contributed by atoms with van der Waals surface area (Å²) < 4.78 is 11.0. The number of para-hydroxylation sites is 1. The van der Waals surface area contributed by atoms with Crippen LogP contribution in [0.15, 0.2) is 59.7 Å². The van der Waals surface area contributed by atoms with Crippen molar-refractivity contribution < 1.29 is 28.7 Å². The minimum Gasteiger partial charge on any atom is -0.464 e. The van der Waals surface area contributed by atoms with Crippen LogP contribution in [0.25, 0.3) is 0 Å². The van der Waals surface area contributed by atoms with Crippen molar-refractivity contribution in [3.8, 4) is 5.75 Å². The molecule has 1 fully saturated rings. The van der Waals surface area contributed by atoms with E-state index in [0.717, 1.165) is 5.56 Å². The van der Waals surface area contributed by atoms with Crippen LogP contribution < -0.4 is 26.1 Å². The Labute approximate surface area is 236 Å². The lowest BCUT2D eigenvalue weighted by molar-refractivity contribution is -0.148. The Morgan fingerprint density at radius 3 is 2.58 bits per heavy atom. The minimum atomic E-state index is -1.17. The maximum absolute atomic E-state index is 13.6. The lowest BCUT2D eigenvalue weighted by Gasteiger charge is -2.37. The molecule has 0 aliphatic carbocycles. The van der Waals surface area contributed by atoms with Gasteiger partial charge in [0, 0.05) is 6.42 Å². The Morgan fingerprint density at radius 2 is 1.82 bits per heavy atom. The summed E-state index contributed by atoms with van der Waals surface area (Å²) in [7, 11) is 0. The van der Waals surface area contributed by atoms with E-state index in [9.17, 15) is 19.2 Å². The third kappa shape index (κ3) is 7.60. The monoisotopic (exact) mass is 567 g/mol. The van der Waals surface area contributed by atoms with Crippen LogP contribution in [0, 0.1) is 0 Å². The van der Waals surface area contributed by atoms with Gasteiger partial charge in [-0.1, -0.05) is 42.5 Å². The van der Waals surface area contributed by atoms with Gasteiger partial charge in [-0.3, -0.25) is 14.4 Å². The standard InChI is InChI=1S/C28H33N5O6S/c1-2-38-26(36)21(16-19-8-4-3-5-9-19)30-27(37)28(12-14-29-15-13-28)31-23(34)17-40-18-24-32-33-25(35)20-10-6-7-11-22(20)39-24/h3-11,21,29H,2,12-18H2,1H3,(H,30,37)(H,31,34)(H,33,35). The average Bonchev–Trinajstić information content (AvgIpc) is 3.12. The Hall–Kier alpha value is -3.90. The number of hydrogen-bond acceptors (Lipinski definition) is 9. The van der Waals surface area contributed by atoms with Gasteiger partial charge in [0.15, 0.2) is 0 Å². The van der Waals surface area contributed by atoms with Crippen LogP contribution in [0.2, 0.25) is 0 Å². The summed E-state index contributed by atoms with van der Waals surface area (Å²) >= 11 is 1.24. The van der Waals surface area contributed by atoms with Crippen LogP contribution in [-0.4, -0.2) is 72.4 Å². The Bertz CT molecular complexity index is 1250. The van der Waals surface area contributed by atoms with Crippen molar-refractivity contribution in [3.63, 3.8) is 0 Å². The molecule has 3 amide bonds. The van der Waals surface area contributed by atoms with E-state index in [4.69, 9.17) is 9.47 Å². The van der Waals surface area contributed by atoms with Crippen molar-refractivity contribution in [2.24, 2.45) is 5.10 Å². The van der Waals surface area contributed by atoms with Crippen LogP contribution in [0.1, 0.15) is 35.7 Å². The van der Waals surface area contributed by atoms with E-state index in [-0.39, 0.29) is 42.2 Å². The van der Waals surface area contributed by atoms with Crippen LogP contribution >= 0.6 is 11.8 Å². The van der Waals surface area contributed by atoms with E-state index in [0.29, 0.717) is 37.2 Å². The summed E-state index contributed by atoms with van der Waals surface area (Å²) in [6.45, 7) is 2.97. The fourth-order valence-electron chi connectivity index (χ4n) is 4.51. The van der Waals surface area contributed by atoms with E-state index in [2.05, 4.69) is 26.5 Å². The molecule has 2 heterocycles. The highest BCUT2D eigenvalue weighted by Gasteiger charge is 2.42. The van der Waals surface area contributed by atoms with E-state index in [1.165, 1.54) is 11.8 Å². The van der Waals surface area contributed by atoms with Gasteiger partial charge in [0.05, 0.1) is 23.7 Å². The van der Waals surface area contributed by atoms with Crippen molar-refractivity contribution in [3.05, 3.63) is 65.7 Å². The summed E-state index contributed by atoms with van der Waals surface area (Å²) in [5.74, 6) is -0.754. The lowest BCUT2D eigenvalue weighted by atomic mass is 9.86. The molecule has 2 aromatic rings. The number of nitrogens with one attached hydrogen (secondary N) is 4. The molecule has 40 heavy (non-hydrogen) atoms. The van der Waals surface area contributed by atoms with Crippen LogP contribution in [0.4, 0.5) is 0 Å². The van der Waals surface area contributed by atoms with Crippen LogP contribution in [0.5, 0.6) is 5.75 Å². The molecule has 0 spiro atoms. The predicted molar refractivity (Wildman–Crippen MR) is 151 cm³/mol. The molecule has 212 valence electrons. The van der Waals surface area contributed by atoms with Crippen molar-refractivity contribution in [1.29, 1.82) is 0 Å². The van der Waals surface area contributed by atoms with Gasteiger partial charge in [-0.2, -0.15) is 0 Å². The molecule has 2 aliphatic heterocycles. The molecule has 1 unspecified atom stereocenters. The molecule has 12 heteroatoms. The summed E-state index contributed by atoms with van der Waals surface area (Å²) in [5, 5.41) is 13.0. The highest BCUT2D eigenvalue weighted by atomic mass is 32.2. The molecule has 4 N–H and O–H groups in total. The molecule has 1 atom stereocenters. The first-order valence-corrected chi connectivity index (χ1v) is 14.3. The maximum Gasteiger partial charge on any atom is 0.328 e. The number of amides is 3. The van der Waals surface area contributed by atoms with Gasteiger partial charge in [-0.15, -0.1) is 16.9 Å². The molecule has 0 bridgehead atoms. The number of carbonyl (C=O) groups is 4. The second-order valence-electron chi connectivity index (χ2n) is 9.39. The fraction of sp³-hybridized carbons (Fsp3) is 0.393. The zero-order valence-corrected chi connectivity index (χ0v) is 23.1. The first-order chi connectivity index (χ1) is 19.4. The van der Waals surface area contributed by atoms with E-state index < -0.39 is 23.5 Å². The first kappa shape index (κ1) is 29.1. The smallest absolute Gasteiger partial charge is 0.328 e. The molecule has 0 aromatic heterocycles. The molecule has 0 radical (unpaired) electrons. The number of thioether (sulfide) groups is 1. The quantitative estimate of drug-likeness (QED) is 0.298. The minimum absolute atomic E-state index is 0.0335. The molecular formula is C28H33N5O6S. The number of hydrazone groups is 1. The van der Waals surface area contributed by atoms with Crippen molar-refractivity contribution >= 4 is 41.4 Å². The summed E-state index contributed by atoms with van der Waals surface area (Å²) in [5.41, 5.74) is 2.52. The number of piperidine rings is 1. The van der Waals surface area contributed by atoms with Gasteiger partial charge in [0.25, 0.3) is 5.91 Å². The van der Waals surface area contributed by atoms with Crippen molar-refractivity contribution in [1.82, 2.24) is 21.4 Å². The molecule has 11 nitrogen and oxygen atoms in total. The number of fused-ring (bicyclic) bond motifs is 1.